The minimum Gasteiger partial charge on any atom is -0.353 e. The zero-order valence-electron chi connectivity index (χ0n) is 17.7. The number of carbonyl (C=O) groups is 2. The van der Waals surface area contributed by atoms with E-state index in [4.69, 9.17) is 0 Å². The number of aromatic amines is 1. The molecule has 1 aromatic heterocycles. The fourth-order valence-corrected chi connectivity index (χ4v) is 4.26. The Bertz CT molecular complexity index is 1070. The first-order valence-corrected chi connectivity index (χ1v) is 10.6. The number of aryl methyl sites for hydroxylation is 1. The average Bonchev–Trinajstić information content (AvgIpc) is 3.39. The molecule has 1 aliphatic carbocycles. The molecular weight excluding hydrogens is 376 g/mol. The summed E-state index contributed by atoms with van der Waals surface area (Å²) >= 11 is 0. The maximum absolute atomic E-state index is 13.0. The Morgan fingerprint density at radius 3 is 2.60 bits per heavy atom. The van der Waals surface area contributed by atoms with E-state index in [0.717, 1.165) is 47.0 Å². The number of aromatic nitrogens is 2. The molecule has 6 nitrogen and oxygen atoms in total. The van der Waals surface area contributed by atoms with Crippen LogP contribution in [-0.4, -0.2) is 46.0 Å². The third kappa shape index (κ3) is 3.95. The van der Waals surface area contributed by atoms with E-state index in [9.17, 15) is 9.59 Å². The van der Waals surface area contributed by atoms with Crippen molar-refractivity contribution in [3.05, 3.63) is 53.7 Å². The van der Waals surface area contributed by atoms with Gasteiger partial charge in [-0.25, -0.2) is 0 Å². The topological polar surface area (TPSA) is 78.1 Å². The summed E-state index contributed by atoms with van der Waals surface area (Å²) in [6.07, 6.45) is 3.15. The highest BCUT2D eigenvalue weighted by Crippen LogP contribution is 2.27. The van der Waals surface area contributed by atoms with Crippen molar-refractivity contribution < 1.29 is 9.59 Å². The van der Waals surface area contributed by atoms with Gasteiger partial charge in [0.25, 0.3) is 5.91 Å². The van der Waals surface area contributed by atoms with E-state index in [1.807, 2.05) is 56.1 Å². The molecule has 2 amide bonds. The summed E-state index contributed by atoms with van der Waals surface area (Å²) < 4.78 is 0. The standard InChI is InChI=1S/C24H28N4O2/c1-4-23(29)25-19-10-11-20(14-19)28(3)24(30)17-7-5-16(6-8-17)18-9-12-22-21(13-18)15(2)26-27-22/h5-9,12-13,19-20H,4,10-11,14H2,1-3H3,(H,25,29)(H,26,27)/t19-,20+/m0/s1. The van der Waals surface area contributed by atoms with Crippen LogP contribution in [0.25, 0.3) is 22.0 Å². The zero-order valence-corrected chi connectivity index (χ0v) is 17.7. The number of hydrogen-bond donors (Lipinski definition) is 2. The first-order chi connectivity index (χ1) is 14.5. The molecule has 156 valence electrons. The first kappa shape index (κ1) is 20.1. The van der Waals surface area contributed by atoms with Crippen LogP contribution in [0, 0.1) is 6.92 Å². The Balaban J connectivity index is 1.44. The van der Waals surface area contributed by atoms with Gasteiger partial charge in [0, 0.05) is 42.2 Å². The Kier molecular flexibility index (Phi) is 5.57. The van der Waals surface area contributed by atoms with Crippen molar-refractivity contribution in [3.8, 4) is 11.1 Å². The van der Waals surface area contributed by atoms with Gasteiger partial charge < -0.3 is 10.2 Å². The fraction of sp³-hybridized carbons (Fsp3) is 0.375. The van der Waals surface area contributed by atoms with E-state index in [1.54, 1.807) is 0 Å². The van der Waals surface area contributed by atoms with Crippen LogP contribution < -0.4 is 5.32 Å². The van der Waals surface area contributed by atoms with Crippen molar-refractivity contribution in [3.63, 3.8) is 0 Å². The van der Waals surface area contributed by atoms with Crippen molar-refractivity contribution in [2.24, 2.45) is 0 Å². The molecule has 1 fully saturated rings. The third-order valence-corrected chi connectivity index (χ3v) is 6.17. The lowest BCUT2D eigenvalue weighted by molar-refractivity contribution is -0.121. The monoisotopic (exact) mass is 404 g/mol. The third-order valence-electron chi connectivity index (χ3n) is 6.17. The largest absolute Gasteiger partial charge is 0.353 e. The smallest absolute Gasteiger partial charge is 0.253 e. The number of nitrogens with zero attached hydrogens (tertiary/aromatic N) is 2. The Hall–Kier alpha value is -3.15. The molecule has 1 heterocycles. The Labute approximate surface area is 176 Å². The van der Waals surface area contributed by atoms with E-state index < -0.39 is 0 Å². The minimum atomic E-state index is 0.0233. The van der Waals surface area contributed by atoms with E-state index in [-0.39, 0.29) is 23.9 Å². The van der Waals surface area contributed by atoms with E-state index >= 15 is 0 Å². The molecule has 0 saturated heterocycles. The average molecular weight is 405 g/mol. The first-order valence-electron chi connectivity index (χ1n) is 10.6. The SMILES string of the molecule is CCC(=O)N[C@H]1CC[C@@H](N(C)C(=O)c2ccc(-c3ccc4n[nH]c(C)c4c3)cc2)C1. The molecule has 0 bridgehead atoms. The predicted molar refractivity (Wildman–Crippen MR) is 118 cm³/mol. The van der Waals surface area contributed by atoms with Crippen LogP contribution >= 0.6 is 0 Å². The molecule has 3 aromatic rings. The molecule has 0 aliphatic heterocycles. The predicted octanol–water partition coefficient (Wildman–Crippen LogP) is 4.06. The Morgan fingerprint density at radius 1 is 1.13 bits per heavy atom. The van der Waals surface area contributed by atoms with E-state index in [0.29, 0.717) is 12.0 Å². The van der Waals surface area contributed by atoms with Gasteiger partial charge in [-0.2, -0.15) is 5.10 Å². The van der Waals surface area contributed by atoms with Gasteiger partial charge in [0.2, 0.25) is 5.91 Å². The Morgan fingerprint density at radius 2 is 1.87 bits per heavy atom. The molecule has 2 N–H and O–H groups in total. The van der Waals surface area contributed by atoms with Crippen LogP contribution in [0.4, 0.5) is 0 Å². The van der Waals surface area contributed by atoms with Crippen LogP contribution in [-0.2, 0) is 4.79 Å². The van der Waals surface area contributed by atoms with Gasteiger partial charge in [-0.05, 0) is 61.6 Å². The molecule has 2 aromatic carbocycles. The molecule has 6 heteroatoms. The van der Waals surface area contributed by atoms with E-state index in [2.05, 4.69) is 27.6 Å². The quantitative estimate of drug-likeness (QED) is 0.673. The molecule has 1 aliphatic rings. The molecular formula is C24H28N4O2. The van der Waals surface area contributed by atoms with Crippen molar-refractivity contribution in [1.29, 1.82) is 0 Å². The summed E-state index contributed by atoms with van der Waals surface area (Å²) in [6, 6.07) is 14.3. The van der Waals surface area contributed by atoms with Gasteiger partial charge in [-0.1, -0.05) is 25.1 Å². The highest BCUT2D eigenvalue weighted by Gasteiger charge is 2.30. The number of H-pyrrole nitrogens is 1. The van der Waals surface area contributed by atoms with Crippen LogP contribution in [0.2, 0.25) is 0 Å². The van der Waals surface area contributed by atoms with Gasteiger partial charge in [0.1, 0.15) is 0 Å². The van der Waals surface area contributed by atoms with Gasteiger partial charge in [0.05, 0.1) is 5.52 Å². The van der Waals surface area contributed by atoms with Crippen molar-refractivity contribution in [2.45, 2.75) is 51.6 Å². The summed E-state index contributed by atoms with van der Waals surface area (Å²) in [5.74, 6) is 0.101. The molecule has 2 atom stereocenters. The van der Waals surface area contributed by atoms with Crippen molar-refractivity contribution in [2.75, 3.05) is 7.05 Å². The second-order valence-electron chi connectivity index (χ2n) is 8.16. The summed E-state index contributed by atoms with van der Waals surface area (Å²) in [5, 5.41) is 11.4. The fourth-order valence-electron chi connectivity index (χ4n) is 4.26. The highest BCUT2D eigenvalue weighted by molar-refractivity contribution is 5.95. The lowest BCUT2D eigenvalue weighted by Gasteiger charge is -2.25. The number of nitrogens with one attached hydrogen (secondary N) is 2. The molecule has 0 spiro atoms. The lowest BCUT2D eigenvalue weighted by Crippen LogP contribution is -2.38. The van der Waals surface area contributed by atoms with Crippen LogP contribution in [0.1, 0.15) is 48.7 Å². The second kappa shape index (κ2) is 8.30. The summed E-state index contributed by atoms with van der Waals surface area (Å²) in [7, 11) is 1.86. The number of carbonyl (C=O) groups excluding carboxylic acids is 2. The number of benzene rings is 2. The van der Waals surface area contributed by atoms with Crippen molar-refractivity contribution in [1.82, 2.24) is 20.4 Å². The zero-order chi connectivity index (χ0) is 21.3. The summed E-state index contributed by atoms with van der Waals surface area (Å²) in [4.78, 5) is 26.4. The molecule has 0 unspecified atom stereocenters. The minimum absolute atomic E-state index is 0.0233. The molecule has 1 saturated carbocycles. The summed E-state index contributed by atoms with van der Waals surface area (Å²) in [5.41, 5.74) is 4.85. The normalized spacial score (nSPS) is 18.5. The molecule has 4 rings (SSSR count). The number of hydrogen-bond acceptors (Lipinski definition) is 3. The second-order valence-corrected chi connectivity index (χ2v) is 8.16. The lowest BCUT2D eigenvalue weighted by atomic mass is 10.0. The number of amides is 2. The molecule has 0 radical (unpaired) electrons. The van der Waals surface area contributed by atoms with Crippen LogP contribution in [0.5, 0.6) is 0 Å². The van der Waals surface area contributed by atoms with Gasteiger partial charge in [-0.15, -0.1) is 0 Å². The van der Waals surface area contributed by atoms with Crippen LogP contribution in [0.3, 0.4) is 0 Å². The molecule has 30 heavy (non-hydrogen) atoms. The highest BCUT2D eigenvalue weighted by atomic mass is 16.2. The summed E-state index contributed by atoms with van der Waals surface area (Å²) in [6.45, 7) is 3.87. The van der Waals surface area contributed by atoms with E-state index in [1.165, 1.54) is 0 Å². The van der Waals surface area contributed by atoms with Crippen molar-refractivity contribution >= 4 is 22.7 Å². The number of fused-ring (bicyclic) bond motifs is 1. The van der Waals surface area contributed by atoms with Gasteiger partial charge >= 0.3 is 0 Å². The van der Waals surface area contributed by atoms with Gasteiger partial charge in [-0.3, -0.25) is 14.7 Å². The number of rotatable bonds is 5. The maximum Gasteiger partial charge on any atom is 0.253 e. The maximum atomic E-state index is 13.0. The van der Waals surface area contributed by atoms with Gasteiger partial charge in [0.15, 0.2) is 0 Å². The van der Waals surface area contributed by atoms with Crippen LogP contribution in [0.15, 0.2) is 42.5 Å².